The largest absolute Gasteiger partial charge is 0.457 e. The highest BCUT2D eigenvalue weighted by Crippen LogP contribution is 2.39. The molecule has 3 N–H and O–H groups in total. The van der Waals surface area contributed by atoms with Crippen molar-refractivity contribution in [2.75, 3.05) is 6.54 Å². The molecule has 0 saturated heterocycles. The molecule has 0 atom stereocenters. The van der Waals surface area contributed by atoms with Crippen molar-refractivity contribution in [3.63, 3.8) is 0 Å². The molecule has 0 fully saturated rings. The third kappa shape index (κ3) is 4.82. The van der Waals surface area contributed by atoms with Gasteiger partial charge in [-0.05, 0) is 66.6 Å². The van der Waals surface area contributed by atoms with E-state index in [9.17, 15) is 4.79 Å². The summed E-state index contributed by atoms with van der Waals surface area (Å²) in [5.74, 6) is 1.49. The minimum atomic E-state index is -0.0587. The molecule has 3 aromatic carbocycles. The number of unbranched alkanes of at least 4 members (excludes halogenated alkanes) is 1. The van der Waals surface area contributed by atoms with Gasteiger partial charge in [-0.1, -0.05) is 50.3 Å². The number of amides is 1. The minimum absolute atomic E-state index is 0.0587. The number of para-hydroxylation sites is 1. The molecule has 5 rings (SSSR count). The van der Waals surface area contributed by atoms with Gasteiger partial charge in [-0.15, -0.1) is 0 Å². The summed E-state index contributed by atoms with van der Waals surface area (Å²) >= 11 is 0. The lowest BCUT2D eigenvalue weighted by Gasteiger charge is -2.15. The van der Waals surface area contributed by atoms with Crippen LogP contribution in [0, 0.1) is 0 Å². The molecular weight excluding hydrogens is 446 g/mol. The zero-order chi connectivity index (χ0) is 24.9. The summed E-state index contributed by atoms with van der Waals surface area (Å²) < 4.78 is 5.99. The molecule has 5 nitrogen and oxygen atoms in total. The second kappa shape index (κ2) is 10.4. The quantitative estimate of drug-likeness (QED) is 0.237. The van der Waals surface area contributed by atoms with E-state index >= 15 is 0 Å². The van der Waals surface area contributed by atoms with Crippen molar-refractivity contribution in [3.8, 4) is 22.6 Å². The van der Waals surface area contributed by atoms with Gasteiger partial charge < -0.3 is 20.4 Å². The van der Waals surface area contributed by atoms with Crippen LogP contribution >= 0.6 is 0 Å². The summed E-state index contributed by atoms with van der Waals surface area (Å²) in [5, 5.41) is 7.20. The van der Waals surface area contributed by atoms with Gasteiger partial charge in [0.25, 0.3) is 5.91 Å². The molecule has 0 bridgehead atoms. The first-order valence-electron chi connectivity index (χ1n) is 12.2. The number of nitrogens with one attached hydrogen (secondary N) is 3. The Morgan fingerprint density at radius 1 is 1.00 bits per heavy atom. The Morgan fingerprint density at radius 3 is 2.53 bits per heavy atom. The Morgan fingerprint density at radius 2 is 1.78 bits per heavy atom. The van der Waals surface area contributed by atoms with Crippen molar-refractivity contribution in [2.24, 2.45) is 0 Å². The number of aromatic amines is 1. The average molecular weight is 476 g/mol. The third-order valence-corrected chi connectivity index (χ3v) is 6.21. The smallest absolute Gasteiger partial charge is 0.251 e. The van der Waals surface area contributed by atoms with E-state index in [2.05, 4.69) is 29.1 Å². The van der Waals surface area contributed by atoms with Crippen LogP contribution in [-0.4, -0.2) is 17.4 Å². The Labute approximate surface area is 211 Å². The molecule has 0 aliphatic carbocycles. The zero-order valence-electron chi connectivity index (χ0n) is 20.3. The lowest BCUT2D eigenvalue weighted by atomic mass is 9.95. The number of carbonyl (C=O) groups is 1. The predicted molar refractivity (Wildman–Crippen MR) is 147 cm³/mol. The van der Waals surface area contributed by atoms with Gasteiger partial charge in [0.1, 0.15) is 11.5 Å². The number of fused-ring (bicyclic) bond motifs is 1. The Hall–Kier alpha value is -4.51. The summed E-state index contributed by atoms with van der Waals surface area (Å²) in [7, 11) is 0. The molecule has 0 unspecified atom stereocenters. The topological polar surface area (TPSA) is 66.2 Å². The van der Waals surface area contributed by atoms with Crippen LogP contribution in [0.5, 0.6) is 11.5 Å². The van der Waals surface area contributed by atoms with Gasteiger partial charge in [-0.3, -0.25) is 4.79 Å². The molecule has 1 aromatic heterocycles. The number of aromatic nitrogens is 1. The molecule has 4 aromatic rings. The number of rotatable bonds is 8. The fourth-order valence-corrected chi connectivity index (χ4v) is 4.34. The van der Waals surface area contributed by atoms with E-state index in [1.807, 2.05) is 91.1 Å². The van der Waals surface area contributed by atoms with E-state index in [0.29, 0.717) is 12.1 Å². The van der Waals surface area contributed by atoms with E-state index in [4.69, 9.17) is 4.74 Å². The molecule has 36 heavy (non-hydrogen) atoms. The SMILES string of the molecule is C=C1NC=CC=C1c1[nH]c2ccc(C(=O)NCCCC)cc2c1-c1ccc(Oc2ccccc2)cc1. The van der Waals surface area contributed by atoms with Crippen molar-refractivity contribution in [1.29, 1.82) is 0 Å². The van der Waals surface area contributed by atoms with Crippen molar-refractivity contribution in [3.05, 3.63) is 115 Å². The van der Waals surface area contributed by atoms with Crippen molar-refractivity contribution < 1.29 is 9.53 Å². The first-order valence-corrected chi connectivity index (χ1v) is 12.2. The van der Waals surface area contributed by atoms with Crippen LogP contribution in [0.4, 0.5) is 0 Å². The van der Waals surface area contributed by atoms with E-state index in [0.717, 1.165) is 63.3 Å². The summed E-state index contributed by atoms with van der Waals surface area (Å²) in [6.45, 7) is 6.97. The van der Waals surface area contributed by atoms with Gasteiger partial charge in [0.15, 0.2) is 0 Å². The van der Waals surface area contributed by atoms with Gasteiger partial charge in [-0.2, -0.15) is 0 Å². The number of carbonyl (C=O) groups excluding carboxylic acids is 1. The maximum absolute atomic E-state index is 12.8. The first-order chi connectivity index (χ1) is 17.6. The lowest BCUT2D eigenvalue weighted by Crippen LogP contribution is -2.24. The molecule has 0 radical (unpaired) electrons. The Balaban J connectivity index is 1.57. The van der Waals surface area contributed by atoms with E-state index in [1.54, 1.807) is 0 Å². The standard InChI is InChI=1S/C31H29N3O2/c1-3-4-18-33-31(35)23-14-17-28-27(20-23)29(30(34-28)26-11-8-19-32-21(26)2)22-12-15-25(16-13-22)36-24-9-6-5-7-10-24/h5-17,19-20,32,34H,2-4,18H2,1H3,(H,33,35). The number of H-pyrrole nitrogens is 1. The first kappa shape index (κ1) is 23.2. The number of dihydropyridines is 1. The molecule has 180 valence electrons. The summed E-state index contributed by atoms with van der Waals surface area (Å²) in [6.07, 6.45) is 7.86. The second-order valence-electron chi connectivity index (χ2n) is 8.75. The Kier molecular flexibility index (Phi) is 6.72. The highest BCUT2D eigenvalue weighted by molar-refractivity contribution is 6.07. The number of ether oxygens (including phenoxy) is 1. The van der Waals surface area contributed by atoms with Crippen LogP contribution in [0.25, 0.3) is 27.6 Å². The van der Waals surface area contributed by atoms with Gasteiger partial charge in [0.2, 0.25) is 0 Å². The number of hydrogen-bond donors (Lipinski definition) is 3. The van der Waals surface area contributed by atoms with Crippen LogP contribution < -0.4 is 15.4 Å². The van der Waals surface area contributed by atoms with Crippen LogP contribution in [0.3, 0.4) is 0 Å². The number of hydrogen-bond acceptors (Lipinski definition) is 3. The maximum atomic E-state index is 12.8. The highest BCUT2D eigenvalue weighted by atomic mass is 16.5. The van der Waals surface area contributed by atoms with Crippen LogP contribution in [0.1, 0.15) is 35.8 Å². The zero-order valence-corrected chi connectivity index (χ0v) is 20.3. The van der Waals surface area contributed by atoms with Crippen molar-refractivity contribution in [1.82, 2.24) is 15.6 Å². The molecule has 1 aliphatic heterocycles. The van der Waals surface area contributed by atoms with Gasteiger partial charge in [0, 0.05) is 46.0 Å². The summed E-state index contributed by atoms with van der Waals surface area (Å²) in [6, 6.07) is 23.6. The van der Waals surface area contributed by atoms with Gasteiger partial charge >= 0.3 is 0 Å². The normalized spacial score (nSPS) is 12.8. The highest BCUT2D eigenvalue weighted by Gasteiger charge is 2.20. The Bertz CT molecular complexity index is 1460. The van der Waals surface area contributed by atoms with Gasteiger partial charge in [-0.25, -0.2) is 0 Å². The minimum Gasteiger partial charge on any atom is -0.457 e. The number of benzene rings is 3. The van der Waals surface area contributed by atoms with Crippen LogP contribution in [0.15, 0.2) is 103 Å². The molecule has 2 heterocycles. The molecule has 0 spiro atoms. The van der Waals surface area contributed by atoms with Crippen molar-refractivity contribution >= 4 is 22.4 Å². The van der Waals surface area contributed by atoms with E-state index in [1.165, 1.54) is 0 Å². The second-order valence-corrected chi connectivity index (χ2v) is 8.75. The number of allylic oxidation sites excluding steroid dienone is 3. The summed E-state index contributed by atoms with van der Waals surface area (Å²) in [4.78, 5) is 16.4. The van der Waals surface area contributed by atoms with Crippen molar-refractivity contribution in [2.45, 2.75) is 19.8 Å². The van der Waals surface area contributed by atoms with Crippen LogP contribution in [0.2, 0.25) is 0 Å². The van der Waals surface area contributed by atoms with E-state index in [-0.39, 0.29) is 5.91 Å². The molecule has 5 heteroatoms. The monoisotopic (exact) mass is 475 g/mol. The van der Waals surface area contributed by atoms with Crippen LogP contribution in [-0.2, 0) is 0 Å². The van der Waals surface area contributed by atoms with Gasteiger partial charge in [0.05, 0.1) is 5.69 Å². The fourth-order valence-electron chi connectivity index (χ4n) is 4.34. The molecule has 1 amide bonds. The third-order valence-electron chi connectivity index (χ3n) is 6.21. The lowest BCUT2D eigenvalue weighted by molar-refractivity contribution is 0.0953. The predicted octanol–water partition coefficient (Wildman–Crippen LogP) is 7.17. The summed E-state index contributed by atoms with van der Waals surface area (Å²) in [5.41, 5.74) is 6.37. The van der Waals surface area contributed by atoms with E-state index < -0.39 is 0 Å². The fraction of sp³-hybridized carbons (Fsp3) is 0.129. The average Bonchev–Trinajstić information content (AvgIpc) is 3.28. The molecule has 0 saturated carbocycles. The molecular formula is C31H29N3O2. The molecule has 1 aliphatic rings. The maximum Gasteiger partial charge on any atom is 0.251 e.